The van der Waals surface area contributed by atoms with Crippen molar-refractivity contribution in [2.45, 2.75) is 11.8 Å². The molecule has 8 nitrogen and oxygen atoms in total. The number of ether oxygens (including phenoxy) is 1. The quantitative estimate of drug-likeness (QED) is 0.529. The summed E-state index contributed by atoms with van der Waals surface area (Å²) in [6.07, 6.45) is 0. The van der Waals surface area contributed by atoms with E-state index >= 15 is 0 Å². The summed E-state index contributed by atoms with van der Waals surface area (Å²) in [6, 6.07) is 19.3. The van der Waals surface area contributed by atoms with E-state index < -0.39 is 16.0 Å². The van der Waals surface area contributed by atoms with Gasteiger partial charge in [0.05, 0.1) is 23.3 Å². The molecule has 9 heteroatoms. The molecular formula is C25H27N3O5S. The number of aromatic carboxylic acids is 1. The Morgan fingerprint density at radius 3 is 2.09 bits per heavy atom. The van der Waals surface area contributed by atoms with Gasteiger partial charge in [-0.2, -0.15) is 0 Å². The van der Waals surface area contributed by atoms with Gasteiger partial charge in [0.25, 0.3) is 10.0 Å². The van der Waals surface area contributed by atoms with Crippen LogP contribution < -0.4 is 19.3 Å². The first-order valence-electron chi connectivity index (χ1n) is 10.9. The van der Waals surface area contributed by atoms with Crippen LogP contribution in [0, 0.1) is 6.92 Å². The molecule has 0 unspecified atom stereocenters. The number of nitrogens with zero attached hydrogens (tertiary/aromatic N) is 2. The van der Waals surface area contributed by atoms with Crippen molar-refractivity contribution < 1.29 is 23.1 Å². The lowest BCUT2D eigenvalue weighted by molar-refractivity contribution is 0.0698. The zero-order chi connectivity index (χ0) is 24.3. The third kappa shape index (κ3) is 4.94. The lowest BCUT2D eigenvalue weighted by Crippen LogP contribution is -2.46. The van der Waals surface area contributed by atoms with Crippen molar-refractivity contribution in [2.75, 3.05) is 47.8 Å². The molecule has 1 saturated heterocycles. The summed E-state index contributed by atoms with van der Waals surface area (Å²) in [6.45, 7) is 4.66. The molecule has 34 heavy (non-hydrogen) atoms. The second kappa shape index (κ2) is 9.64. The van der Waals surface area contributed by atoms with Crippen LogP contribution in [0.1, 0.15) is 15.9 Å². The van der Waals surface area contributed by atoms with Gasteiger partial charge in [0.2, 0.25) is 0 Å². The summed E-state index contributed by atoms with van der Waals surface area (Å²) >= 11 is 0. The van der Waals surface area contributed by atoms with E-state index in [-0.39, 0.29) is 16.1 Å². The monoisotopic (exact) mass is 481 g/mol. The minimum Gasteiger partial charge on any atom is -0.497 e. The maximum absolute atomic E-state index is 12.9. The summed E-state index contributed by atoms with van der Waals surface area (Å²) in [5.74, 6) is -0.386. The standard InChI is InChI=1S/C25H27N3O5S/c1-18-5-3-4-6-24(18)34(31,32)26-23-12-9-20(17-22(23)25(29)30)28-15-13-27(14-16-28)19-7-10-21(33-2)11-8-19/h3-12,17,26H,13-16H2,1-2H3,(H,29,30). The number of piperazine rings is 1. The highest BCUT2D eigenvalue weighted by Gasteiger charge is 2.23. The van der Waals surface area contributed by atoms with Crippen LogP contribution in [0.2, 0.25) is 0 Å². The fourth-order valence-corrected chi connectivity index (χ4v) is 5.40. The second-order valence-corrected chi connectivity index (χ2v) is 9.73. The molecule has 0 radical (unpaired) electrons. The van der Waals surface area contributed by atoms with Crippen molar-refractivity contribution in [2.24, 2.45) is 0 Å². The Morgan fingerprint density at radius 2 is 1.50 bits per heavy atom. The highest BCUT2D eigenvalue weighted by molar-refractivity contribution is 7.92. The largest absolute Gasteiger partial charge is 0.497 e. The zero-order valence-corrected chi connectivity index (χ0v) is 19.9. The maximum Gasteiger partial charge on any atom is 0.337 e. The molecule has 0 spiro atoms. The average Bonchev–Trinajstić information content (AvgIpc) is 2.84. The van der Waals surface area contributed by atoms with Gasteiger partial charge in [-0.25, -0.2) is 13.2 Å². The Bertz CT molecular complexity index is 1280. The number of rotatable bonds is 7. The number of aryl methyl sites for hydroxylation is 1. The Labute approximate surface area is 199 Å². The Balaban J connectivity index is 1.51. The number of sulfonamides is 1. The summed E-state index contributed by atoms with van der Waals surface area (Å²) in [5.41, 5.74) is 2.38. The predicted molar refractivity (Wildman–Crippen MR) is 133 cm³/mol. The topological polar surface area (TPSA) is 99.2 Å². The van der Waals surface area contributed by atoms with Crippen LogP contribution in [0.4, 0.5) is 17.1 Å². The van der Waals surface area contributed by atoms with E-state index in [0.29, 0.717) is 18.7 Å². The molecule has 4 rings (SSSR count). The summed E-state index contributed by atoms with van der Waals surface area (Å²) in [7, 11) is -2.29. The predicted octanol–water partition coefficient (Wildman–Crippen LogP) is 3.83. The number of carbonyl (C=O) groups is 1. The normalized spacial score (nSPS) is 14.1. The van der Waals surface area contributed by atoms with Crippen LogP contribution >= 0.6 is 0 Å². The first-order valence-corrected chi connectivity index (χ1v) is 12.4. The van der Waals surface area contributed by atoms with Crippen molar-refractivity contribution in [3.05, 3.63) is 77.9 Å². The molecule has 178 valence electrons. The first kappa shape index (κ1) is 23.4. The number of anilines is 3. The van der Waals surface area contributed by atoms with E-state index in [9.17, 15) is 18.3 Å². The highest BCUT2D eigenvalue weighted by Crippen LogP contribution is 2.28. The lowest BCUT2D eigenvalue weighted by Gasteiger charge is -2.37. The smallest absolute Gasteiger partial charge is 0.337 e. The Hall–Kier alpha value is -3.72. The lowest BCUT2D eigenvalue weighted by atomic mass is 10.1. The molecule has 0 bridgehead atoms. The molecule has 0 atom stereocenters. The van der Waals surface area contributed by atoms with Crippen molar-refractivity contribution in [3.63, 3.8) is 0 Å². The number of benzene rings is 3. The number of carboxylic acids is 1. The van der Waals surface area contributed by atoms with Crippen LogP contribution in [-0.2, 0) is 10.0 Å². The van der Waals surface area contributed by atoms with Crippen molar-refractivity contribution in [1.82, 2.24) is 0 Å². The Morgan fingerprint density at radius 1 is 0.912 bits per heavy atom. The minimum atomic E-state index is -3.92. The number of nitrogens with one attached hydrogen (secondary N) is 1. The molecule has 2 N–H and O–H groups in total. The van der Waals surface area contributed by atoms with Crippen molar-refractivity contribution >= 4 is 33.1 Å². The molecule has 1 aliphatic heterocycles. The van der Waals surface area contributed by atoms with Gasteiger partial charge in [0, 0.05) is 37.6 Å². The van der Waals surface area contributed by atoms with Gasteiger partial charge in [-0.1, -0.05) is 18.2 Å². The van der Waals surface area contributed by atoms with Crippen molar-refractivity contribution in [3.8, 4) is 5.75 Å². The molecule has 0 aromatic heterocycles. The van der Waals surface area contributed by atoms with Gasteiger partial charge in [-0.3, -0.25) is 4.72 Å². The van der Waals surface area contributed by atoms with E-state index in [1.54, 1.807) is 38.3 Å². The number of carboxylic acid groups (broad SMARTS) is 1. The molecule has 3 aromatic rings. The van der Waals surface area contributed by atoms with E-state index in [1.807, 2.05) is 24.3 Å². The maximum atomic E-state index is 12.9. The van der Waals surface area contributed by atoms with Gasteiger partial charge in [-0.15, -0.1) is 0 Å². The van der Waals surface area contributed by atoms with Crippen LogP contribution in [0.15, 0.2) is 71.6 Å². The molecule has 0 saturated carbocycles. The van der Waals surface area contributed by atoms with Gasteiger partial charge in [0.1, 0.15) is 5.75 Å². The zero-order valence-electron chi connectivity index (χ0n) is 19.1. The Kier molecular flexibility index (Phi) is 6.65. The highest BCUT2D eigenvalue weighted by atomic mass is 32.2. The summed E-state index contributed by atoms with van der Waals surface area (Å²) < 4.78 is 33.4. The van der Waals surface area contributed by atoms with Crippen LogP contribution in [-0.4, -0.2) is 52.8 Å². The number of methoxy groups -OCH3 is 1. The average molecular weight is 482 g/mol. The SMILES string of the molecule is COc1ccc(N2CCN(c3ccc(NS(=O)(=O)c4ccccc4C)c(C(=O)O)c3)CC2)cc1. The van der Waals surface area contributed by atoms with Crippen molar-refractivity contribution in [1.29, 1.82) is 0 Å². The molecule has 1 fully saturated rings. The van der Waals surface area contributed by atoms with Crippen LogP contribution in [0.3, 0.4) is 0 Å². The summed E-state index contributed by atoms with van der Waals surface area (Å²) in [5, 5.41) is 9.77. The van der Waals surface area contributed by atoms with E-state index in [4.69, 9.17) is 4.74 Å². The number of hydrogen-bond donors (Lipinski definition) is 2. The molecule has 1 aliphatic rings. The van der Waals surface area contributed by atoms with Crippen LogP contribution in [0.5, 0.6) is 5.75 Å². The third-order valence-electron chi connectivity index (χ3n) is 5.94. The fourth-order valence-electron chi connectivity index (χ4n) is 4.07. The van der Waals surface area contributed by atoms with Gasteiger partial charge < -0.3 is 19.6 Å². The molecule has 0 amide bonds. The third-order valence-corrected chi connectivity index (χ3v) is 7.47. The minimum absolute atomic E-state index is 0.0383. The molecule has 3 aromatic carbocycles. The van der Waals surface area contributed by atoms with Gasteiger partial charge in [0.15, 0.2) is 0 Å². The first-order chi connectivity index (χ1) is 16.3. The second-order valence-electron chi connectivity index (χ2n) is 8.08. The van der Waals surface area contributed by atoms with E-state index in [2.05, 4.69) is 14.5 Å². The number of hydrogen-bond acceptors (Lipinski definition) is 6. The van der Waals surface area contributed by atoms with Gasteiger partial charge in [-0.05, 0) is 61.0 Å². The molecule has 0 aliphatic carbocycles. The van der Waals surface area contributed by atoms with E-state index in [0.717, 1.165) is 30.2 Å². The van der Waals surface area contributed by atoms with Crippen LogP contribution in [0.25, 0.3) is 0 Å². The molecular weight excluding hydrogens is 454 g/mol. The van der Waals surface area contributed by atoms with Gasteiger partial charge >= 0.3 is 5.97 Å². The summed E-state index contributed by atoms with van der Waals surface area (Å²) in [4.78, 5) is 16.4. The molecule has 1 heterocycles. The van der Waals surface area contributed by atoms with E-state index in [1.165, 1.54) is 18.2 Å². The fraction of sp³-hybridized carbons (Fsp3) is 0.240.